The van der Waals surface area contributed by atoms with Gasteiger partial charge in [0.15, 0.2) is 5.65 Å². The van der Waals surface area contributed by atoms with E-state index < -0.39 is 0 Å². The second-order valence-electron chi connectivity index (χ2n) is 5.77. The Bertz CT molecular complexity index is 924. The summed E-state index contributed by atoms with van der Waals surface area (Å²) in [6.07, 6.45) is 3.09. The van der Waals surface area contributed by atoms with Crippen LogP contribution >= 0.6 is 0 Å². The third-order valence-corrected chi connectivity index (χ3v) is 4.07. The Labute approximate surface area is 139 Å². The van der Waals surface area contributed by atoms with E-state index in [9.17, 15) is 9.59 Å². The molecule has 0 radical (unpaired) electrons. The summed E-state index contributed by atoms with van der Waals surface area (Å²) in [7, 11) is 1.63. The molecular weight excluding hydrogens is 306 g/mol. The van der Waals surface area contributed by atoms with Crippen molar-refractivity contribution in [2.45, 2.75) is 25.9 Å². The van der Waals surface area contributed by atoms with E-state index in [1.54, 1.807) is 7.05 Å². The van der Waals surface area contributed by atoms with Gasteiger partial charge in [-0.2, -0.15) is 0 Å². The number of H-pyrrole nitrogens is 1. The maximum atomic E-state index is 12.3. The monoisotopic (exact) mass is 327 g/mol. The minimum absolute atomic E-state index is 0.303. The molecule has 0 aliphatic rings. The Morgan fingerprint density at radius 2 is 1.96 bits per heavy atom. The molecule has 2 heterocycles. The minimum atomic E-state index is -0.322. The molecule has 0 aliphatic carbocycles. The Balaban J connectivity index is 1.55. The highest BCUT2D eigenvalue weighted by atomic mass is 16.2. The second kappa shape index (κ2) is 7.27. The lowest BCUT2D eigenvalue weighted by molar-refractivity contribution is 0.534. The number of hydrogen-bond donors (Lipinski definition) is 2. The Hall–Kier alpha value is -2.67. The van der Waals surface area contributed by atoms with Gasteiger partial charge in [0, 0.05) is 20.1 Å². The molecule has 7 heteroatoms. The number of unbranched alkanes of at least 4 members (excludes halogenated alkanes) is 1. The number of imidazole rings is 1. The summed E-state index contributed by atoms with van der Waals surface area (Å²) in [5.74, 6) is 0. The molecule has 0 amide bonds. The van der Waals surface area contributed by atoms with Gasteiger partial charge in [-0.15, -0.1) is 0 Å². The highest BCUT2D eigenvalue weighted by molar-refractivity contribution is 5.68. The highest BCUT2D eigenvalue weighted by Crippen LogP contribution is 2.00. The third kappa shape index (κ3) is 3.30. The zero-order valence-corrected chi connectivity index (χ0v) is 13.7. The topological polar surface area (TPSA) is 84.7 Å². The number of fused-ring (bicyclic) bond motifs is 1. The summed E-state index contributed by atoms with van der Waals surface area (Å²) in [5, 5.41) is 3.37. The number of aromatic nitrogens is 4. The summed E-state index contributed by atoms with van der Waals surface area (Å²) in [5.41, 5.74) is 1.39. The van der Waals surface area contributed by atoms with E-state index in [2.05, 4.69) is 27.4 Å². The fourth-order valence-corrected chi connectivity index (χ4v) is 2.74. The number of rotatable bonds is 7. The maximum Gasteiger partial charge on any atom is 0.332 e. The molecule has 2 aromatic heterocycles. The van der Waals surface area contributed by atoms with Crippen molar-refractivity contribution in [3.8, 4) is 0 Å². The van der Waals surface area contributed by atoms with E-state index in [4.69, 9.17) is 0 Å². The molecule has 0 bridgehead atoms. The first-order chi connectivity index (χ1) is 11.7. The molecule has 0 spiro atoms. The number of nitrogens with one attached hydrogen (secondary N) is 2. The SMILES string of the molecule is Cn1c(=O)n(CCCCNCc2ccccc2)c(=O)c2[nH]cnc21. The van der Waals surface area contributed by atoms with Gasteiger partial charge in [0.1, 0.15) is 5.52 Å². The molecule has 1 aromatic carbocycles. The quantitative estimate of drug-likeness (QED) is 0.634. The molecule has 3 aromatic rings. The van der Waals surface area contributed by atoms with Gasteiger partial charge in [-0.1, -0.05) is 30.3 Å². The van der Waals surface area contributed by atoms with Gasteiger partial charge in [-0.25, -0.2) is 9.78 Å². The lowest BCUT2D eigenvalue weighted by atomic mass is 10.2. The lowest BCUT2D eigenvalue weighted by Crippen LogP contribution is -2.39. The van der Waals surface area contributed by atoms with Crippen molar-refractivity contribution in [3.63, 3.8) is 0 Å². The van der Waals surface area contributed by atoms with Crippen LogP contribution in [0.4, 0.5) is 0 Å². The second-order valence-corrected chi connectivity index (χ2v) is 5.77. The first-order valence-corrected chi connectivity index (χ1v) is 8.06. The normalized spacial score (nSPS) is 11.2. The standard InChI is InChI=1S/C17H21N5O2/c1-21-15-14(19-12-20-15)16(23)22(17(21)24)10-6-5-9-18-11-13-7-3-2-4-8-13/h2-4,7-8,12,18H,5-6,9-11H2,1H3,(H,19,20). The van der Waals surface area contributed by atoms with E-state index >= 15 is 0 Å². The van der Waals surface area contributed by atoms with Gasteiger partial charge < -0.3 is 10.3 Å². The van der Waals surface area contributed by atoms with Crippen LogP contribution in [0.3, 0.4) is 0 Å². The zero-order valence-electron chi connectivity index (χ0n) is 13.7. The molecule has 7 nitrogen and oxygen atoms in total. The molecule has 24 heavy (non-hydrogen) atoms. The van der Waals surface area contributed by atoms with Gasteiger partial charge in [-0.3, -0.25) is 13.9 Å². The average molecular weight is 327 g/mol. The van der Waals surface area contributed by atoms with Crippen molar-refractivity contribution >= 4 is 11.2 Å². The number of aromatic amines is 1. The smallest absolute Gasteiger partial charge is 0.332 e. The number of hydrogen-bond acceptors (Lipinski definition) is 4. The van der Waals surface area contributed by atoms with Crippen molar-refractivity contribution in [1.82, 2.24) is 24.4 Å². The molecular formula is C17H21N5O2. The molecule has 0 unspecified atom stereocenters. The largest absolute Gasteiger partial charge is 0.339 e. The Morgan fingerprint density at radius 3 is 2.75 bits per heavy atom. The van der Waals surface area contributed by atoms with Crippen molar-refractivity contribution in [2.75, 3.05) is 6.54 Å². The van der Waals surface area contributed by atoms with Crippen LogP contribution in [0, 0.1) is 0 Å². The number of nitrogens with zero attached hydrogens (tertiary/aromatic N) is 3. The summed E-state index contributed by atoms with van der Waals surface area (Å²) < 4.78 is 2.68. The molecule has 0 saturated heterocycles. The van der Waals surface area contributed by atoms with E-state index in [-0.39, 0.29) is 11.2 Å². The zero-order chi connectivity index (χ0) is 16.9. The predicted octanol–water partition coefficient (Wildman–Crippen LogP) is 0.993. The van der Waals surface area contributed by atoms with Crippen molar-refractivity contribution in [2.24, 2.45) is 7.05 Å². The van der Waals surface area contributed by atoms with E-state index in [1.165, 1.54) is 21.0 Å². The van der Waals surface area contributed by atoms with Crippen LogP contribution in [0.15, 0.2) is 46.2 Å². The molecule has 2 N–H and O–H groups in total. The predicted molar refractivity (Wildman–Crippen MR) is 93.0 cm³/mol. The first-order valence-electron chi connectivity index (χ1n) is 8.06. The van der Waals surface area contributed by atoms with Crippen molar-refractivity contribution < 1.29 is 0 Å². The van der Waals surface area contributed by atoms with E-state index in [1.807, 2.05) is 18.2 Å². The van der Waals surface area contributed by atoms with E-state index in [0.29, 0.717) is 17.7 Å². The molecule has 0 fully saturated rings. The molecule has 0 saturated carbocycles. The van der Waals surface area contributed by atoms with Crippen molar-refractivity contribution in [1.29, 1.82) is 0 Å². The Kier molecular flexibility index (Phi) is 4.90. The summed E-state index contributed by atoms with van der Waals surface area (Å²) in [4.78, 5) is 31.4. The van der Waals surface area contributed by atoms with E-state index in [0.717, 1.165) is 25.9 Å². The number of benzene rings is 1. The fraction of sp³-hybridized carbons (Fsp3) is 0.353. The van der Waals surface area contributed by atoms with Crippen LogP contribution in [0.1, 0.15) is 18.4 Å². The fourth-order valence-electron chi connectivity index (χ4n) is 2.74. The van der Waals surface area contributed by atoms with Gasteiger partial charge >= 0.3 is 5.69 Å². The summed E-state index contributed by atoms with van der Waals surface area (Å²) in [6.45, 7) is 2.08. The lowest BCUT2D eigenvalue weighted by Gasteiger charge is -2.08. The van der Waals surface area contributed by atoms with Crippen LogP contribution < -0.4 is 16.6 Å². The van der Waals surface area contributed by atoms with Gasteiger partial charge in [-0.05, 0) is 24.9 Å². The van der Waals surface area contributed by atoms with Crippen LogP contribution in [0.25, 0.3) is 11.2 Å². The van der Waals surface area contributed by atoms with Crippen LogP contribution in [0.2, 0.25) is 0 Å². The van der Waals surface area contributed by atoms with Gasteiger partial charge in [0.2, 0.25) is 0 Å². The van der Waals surface area contributed by atoms with Crippen LogP contribution in [-0.4, -0.2) is 25.6 Å². The molecule has 0 aliphatic heterocycles. The minimum Gasteiger partial charge on any atom is -0.339 e. The average Bonchev–Trinajstić information content (AvgIpc) is 3.09. The van der Waals surface area contributed by atoms with Crippen LogP contribution in [0.5, 0.6) is 0 Å². The number of aryl methyl sites for hydroxylation is 1. The van der Waals surface area contributed by atoms with Gasteiger partial charge in [0.25, 0.3) is 5.56 Å². The summed E-state index contributed by atoms with van der Waals surface area (Å²) >= 11 is 0. The van der Waals surface area contributed by atoms with Gasteiger partial charge in [0.05, 0.1) is 6.33 Å². The maximum absolute atomic E-state index is 12.3. The van der Waals surface area contributed by atoms with Crippen LogP contribution in [-0.2, 0) is 20.1 Å². The highest BCUT2D eigenvalue weighted by Gasteiger charge is 2.12. The summed E-state index contributed by atoms with van der Waals surface area (Å²) in [6, 6.07) is 10.2. The third-order valence-electron chi connectivity index (χ3n) is 4.07. The molecule has 126 valence electrons. The van der Waals surface area contributed by atoms with Crippen molar-refractivity contribution in [3.05, 3.63) is 63.1 Å². The first kappa shape index (κ1) is 16.2. The Morgan fingerprint density at radius 1 is 1.17 bits per heavy atom. The molecule has 3 rings (SSSR count). The molecule has 0 atom stereocenters.